The summed E-state index contributed by atoms with van der Waals surface area (Å²) in [4.78, 5) is 16.7. The molecule has 0 saturated carbocycles. The van der Waals surface area contributed by atoms with Crippen LogP contribution in [0.2, 0.25) is 0 Å². The van der Waals surface area contributed by atoms with Crippen LogP contribution in [-0.2, 0) is 11.2 Å². The molecule has 0 aliphatic carbocycles. The summed E-state index contributed by atoms with van der Waals surface area (Å²) in [6.07, 6.45) is -3.69. The number of rotatable bonds is 4. The summed E-state index contributed by atoms with van der Waals surface area (Å²) < 4.78 is 40.8. The van der Waals surface area contributed by atoms with E-state index in [1.807, 2.05) is 4.90 Å². The molecule has 1 unspecified atom stereocenters. The van der Waals surface area contributed by atoms with Crippen LogP contribution in [0.5, 0.6) is 5.75 Å². The molecule has 2 aliphatic heterocycles. The second kappa shape index (κ2) is 7.61. The van der Waals surface area contributed by atoms with E-state index >= 15 is 0 Å². The molecule has 0 aromatic heterocycles. The van der Waals surface area contributed by atoms with Crippen molar-refractivity contribution in [1.82, 2.24) is 15.1 Å². The Morgan fingerprint density at radius 3 is 2.72 bits per heavy atom. The highest BCUT2D eigenvalue weighted by atomic mass is 19.4. The number of amides is 1. The van der Waals surface area contributed by atoms with Gasteiger partial charge in [0, 0.05) is 45.3 Å². The largest absolute Gasteiger partial charge is 0.573 e. The predicted octanol–water partition coefficient (Wildman–Crippen LogP) is 1.63. The minimum absolute atomic E-state index is 0.0539. The minimum Gasteiger partial charge on any atom is -0.406 e. The van der Waals surface area contributed by atoms with Gasteiger partial charge in [0.2, 0.25) is 5.91 Å². The summed E-state index contributed by atoms with van der Waals surface area (Å²) in [5.41, 5.74) is 0.525. The quantitative estimate of drug-likeness (QED) is 0.890. The molecule has 0 bridgehead atoms. The van der Waals surface area contributed by atoms with Crippen molar-refractivity contribution in [3.8, 4) is 5.75 Å². The minimum atomic E-state index is -4.73. The standard InChI is InChI=1S/C17H22F3N3O2/c18-17(19,20)25-15-3-1-2-13(10-15)11-16(24)23-7-4-14(12-23)22-8-5-21-6-9-22/h1-3,10,14,21H,4-9,11-12H2. The Balaban J connectivity index is 1.55. The zero-order chi connectivity index (χ0) is 17.9. The van der Waals surface area contributed by atoms with Gasteiger partial charge in [0.05, 0.1) is 6.42 Å². The van der Waals surface area contributed by atoms with E-state index in [1.165, 1.54) is 18.2 Å². The fraction of sp³-hybridized carbons (Fsp3) is 0.588. The van der Waals surface area contributed by atoms with Crippen LogP contribution in [0.4, 0.5) is 13.2 Å². The summed E-state index contributed by atoms with van der Waals surface area (Å²) in [7, 11) is 0. The van der Waals surface area contributed by atoms with Crippen LogP contribution < -0.4 is 10.1 Å². The van der Waals surface area contributed by atoms with Gasteiger partial charge in [-0.25, -0.2) is 0 Å². The lowest BCUT2D eigenvalue weighted by molar-refractivity contribution is -0.274. The summed E-state index contributed by atoms with van der Waals surface area (Å²) in [6, 6.07) is 6.00. The van der Waals surface area contributed by atoms with Crippen LogP contribution in [0.1, 0.15) is 12.0 Å². The van der Waals surface area contributed by atoms with E-state index in [0.717, 1.165) is 32.6 Å². The summed E-state index contributed by atoms with van der Waals surface area (Å²) in [5.74, 6) is -0.347. The van der Waals surface area contributed by atoms with E-state index in [1.54, 1.807) is 6.07 Å². The highest BCUT2D eigenvalue weighted by molar-refractivity contribution is 5.79. The molecule has 2 saturated heterocycles. The van der Waals surface area contributed by atoms with Crippen molar-refractivity contribution in [2.45, 2.75) is 25.2 Å². The number of alkyl halides is 3. The van der Waals surface area contributed by atoms with Crippen molar-refractivity contribution in [2.24, 2.45) is 0 Å². The number of carbonyl (C=O) groups is 1. The van der Waals surface area contributed by atoms with Gasteiger partial charge in [-0.3, -0.25) is 9.69 Å². The van der Waals surface area contributed by atoms with Crippen LogP contribution in [0.15, 0.2) is 24.3 Å². The van der Waals surface area contributed by atoms with Crippen molar-refractivity contribution in [2.75, 3.05) is 39.3 Å². The highest BCUT2D eigenvalue weighted by Crippen LogP contribution is 2.24. The van der Waals surface area contributed by atoms with E-state index in [9.17, 15) is 18.0 Å². The predicted molar refractivity (Wildman–Crippen MR) is 86.3 cm³/mol. The Kier molecular flexibility index (Phi) is 5.48. The first kappa shape index (κ1) is 18.0. The normalized spacial score (nSPS) is 22.2. The van der Waals surface area contributed by atoms with E-state index in [4.69, 9.17) is 0 Å². The number of nitrogens with zero attached hydrogens (tertiary/aromatic N) is 2. The average molecular weight is 357 g/mol. The number of likely N-dealkylation sites (tertiary alicyclic amines) is 1. The lowest BCUT2D eigenvalue weighted by Gasteiger charge is -2.32. The van der Waals surface area contributed by atoms with Gasteiger partial charge in [-0.1, -0.05) is 12.1 Å². The molecule has 1 aromatic rings. The molecule has 1 amide bonds. The Morgan fingerprint density at radius 1 is 1.24 bits per heavy atom. The van der Waals surface area contributed by atoms with Crippen molar-refractivity contribution in [1.29, 1.82) is 0 Å². The van der Waals surface area contributed by atoms with Gasteiger partial charge in [-0.05, 0) is 24.1 Å². The second-order valence-corrected chi connectivity index (χ2v) is 6.44. The maximum absolute atomic E-state index is 12.5. The molecule has 25 heavy (non-hydrogen) atoms. The first-order valence-corrected chi connectivity index (χ1v) is 8.48. The van der Waals surface area contributed by atoms with Crippen molar-refractivity contribution >= 4 is 5.91 Å². The van der Waals surface area contributed by atoms with Gasteiger partial charge in [0.15, 0.2) is 0 Å². The third kappa shape index (κ3) is 5.09. The number of nitrogens with one attached hydrogen (secondary N) is 1. The third-order valence-corrected chi connectivity index (χ3v) is 4.67. The average Bonchev–Trinajstić information content (AvgIpc) is 3.04. The van der Waals surface area contributed by atoms with Gasteiger partial charge >= 0.3 is 6.36 Å². The molecule has 2 aliphatic rings. The smallest absolute Gasteiger partial charge is 0.406 e. The third-order valence-electron chi connectivity index (χ3n) is 4.67. The van der Waals surface area contributed by atoms with Crippen LogP contribution in [0.25, 0.3) is 0 Å². The topological polar surface area (TPSA) is 44.8 Å². The van der Waals surface area contributed by atoms with E-state index in [0.29, 0.717) is 24.7 Å². The summed E-state index contributed by atoms with van der Waals surface area (Å²) >= 11 is 0. The van der Waals surface area contributed by atoms with Crippen LogP contribution >= 0.6 is 0 Å². The molecule has 1 atom stereocenters. The number of carbonyl (C=O) groups excluding carboxylic acids is 1. The monoisotopic (exact) mass is 357 g/mol. The zero-order valence-electron chi connectivity index (χ0n) is 13.9. The Bertz CT molecular complexity index is 603. The zero-order valence-corrected chi connectivity index (χ0v) is 13.9. The van der Waals surface area contributed by atoms with E-state index in [2.05, 4.69) is 15.0 Å². The highest BCUT2D eigenvalue weighted by Gasteiger charge is 2.32. The molecule has 8 heteroatoms. The molecule has 0 radical (unpaired) electrons. The first-order chi connectivity index (χ1) is 11.9. The molecular formula is C17H22F3N3O2. The number of hydrogen-bond donors (Lipinski definition) is 1. The Morgan fingerprint density at radius 2 is 2.00 bits per heavy atom. The molecule has 2 fully saturated rings. The fourth-order valence-corrected chi connectivity index (χ4v) is 3.45. The molecule has 3 rings (SSSR count). The number of piperazine rings is 1. The molecule has 1 N–H and O–H groups in total. The maximum Gasteiger partial charge on any atom is 0.573 e. The number of hydrogen-bond acceptors (Lipinski definition) is 4. The molecule has 138 valence electrons. The first-order valence-electron chi connectivity index (χ1n) is 8.48. The molecule has 5 nitrogen and oxygen atoms in total. The summed E-state index contributed by atoms with van der Waals surface area (Å²) in [6.45, 7) is 5.31. The maximum atomic E-state index is 12.5. The van der Waals surface area contributed by atoms with Crippen molar-refractivity contribution < 1.29 is 22.7 Å². The van der Waals surface area contributed by atoms with Gasteiger partial charge < -0.3 is 15.0 Å². The van der Waals surface area contributed by atoms with E-state index < -0.39 is 6.36 Å². The Hall–Kier alpha value is -1.80. The van der Waals surface area contributed by atoms with Crippen molar-refractivity contribution in [3.63, 3.8) is 0 Å². The number of benzene rings is 1. The second-order valence-electron chi connectivity index (χ2n) is 6.44. The lowest BCUT2D eigenvalue weighted by atomic mass is 10.1. The molecule has 0 spiro atoms. The SMILES string of the molecule is O=C(Cc1cccc(OC(F)(F)F)c1)N1CCC(N2CCNCC2)C1. The number of halogens is 3. The van der Waals surface area contributed by atoms with Crippen LogP contribution in [0, 0.1) is 0 Å². The molecular weight excluding hydrogens is 335 g/mol. The van der Waals surface area contributed by atoms with Gasteiger partial charge in [-0.15, -0.1) is 13.2 Å². The van der Waals surface area contributed by atoms with Crippen LogP contribution in [0.3, 0.4) is 0 Å². The van der Waals surface area contributed by atoms with E-state index in [-0.39, 0.29) is 18.1 Å². The lowest BCUT2D eigenvalue weighted by Crippen LogP contribution is -2.49. The Labute approximate surface area is 144 Å². The van der Waals surface area contributed by atoms with Crippen LogP contribution in [-0.4, -0.2) is 67.4 Å². The fourth-order valence-electron chi connectivity index (χ4n) is 3.45. The van der Waals surface area contributed by atoms with Gasteiger partial charge in [0.25, 0.3) is 0 Å². The van der Waals surface area contributed by atoms with Gasteiger partial charge in [-0.2, -0.15) is 0 Å². The van der Waals surface area contributed by atoms with Crippen molar-refractivity contribution in [3.05, 3.63) is 29.8 Å². The molecule has 1 aromatic carbocycles. The molecule has 2 heterocycles. The summed E-state index contributed by atoms with van der Waals surface area (Å²) in [5, 5.41) is 3.31. The van der Waals surface area contributed by atoms with Gasteiger partial charge in [0.1, 0.15) is 5.75 Å². The number of ether oxygens (including phenoxy) is 1.